The third-order valence-electron chi connectivity index (χ3n) is 5.76. The van der Waals surface area contributed by atoms with Gasteiger partial charge in [0.15, 0.2) is 0 Å². The minimum absolute atomic E-state index is 0.0313. The average Bonchev–Trinajstić information content (AvgIpc) is 3.33. The summed E-state index contributed by atoms with van der Waals surface area (Å²) in [7, 11) is 1.63. The van der Waals surface area contributed by atoms with Crippen LogP contribution in [-0.2, 0) is 6.54 Å². The van der Waals surface area contributed by atoms with Crippen LogP contribution in [0.3, 0.4) is 0 Å². The summed E-state index contributed by atoms with van der Waals surface area (Å²) in [6.45, 7) is 1.18. The van der Waals surface area contributed by atoms with E-state index in [2.05, 4.69) is 10.6 Å². The quantitative estimate of drug-likeness (QED) is 0.839. The number of likely N-dealkylation sites (tertiary alicyclic amines) is 1. The zero-order chi connectivity index (χ0) is 19.5. The van der Waals surface area contributed by atoms with Gasteiger partial charge in [-0.1, -0.05) is 30.3 Å². The van der Waals surface area contributed by atoms with Gasteiger partial charge in [0.1, 0.15) is 5.75 Å². The van der Waals surface area contributed by atoms with Crippen molar-refractivity contribution < 1.29 is 14.3 Å². The van der Waals surface area contributed by atoms with E-state index in [1.165, 1.54) is 0 Å². The molecule has 0 spiro atoms. The second-order valence-corrected chi connectivity index (χ2v) is 7.49. The smallest absolute Gasteiger partial charge is 0.317 e. The second kappa shape index (κ2) is 7.92. The first kappa shape index (κ1) is 18.3. The van der Waals surface area contributed by atoms with Gasteiger partial charge in [-0.05, 0) is 48.6 Å². The molecule has 0 aromatic heterocycles. The minimum Gasteiger partial charge on any atom is -0.497 e. The molecule has 2 N–H and O–H groups in total. The van der Waals surface area contributed by atoms with E-state index in [0.29, 0.717) is 24.6 Å². The molecule has 6 nitrogen and oxygen atoms in total. The fraction of sp³-hybridized carbons (Fsp3) is 0.364. The molecule has 3 atom stereocenters. The number of urea groups is 1. The number of hydrogen-bond donors (Lipinski definition) is 2. The van der Waals surface area contributed by atoms with Crippen molar-refractivity contribution in [1.29, 1.82) is 0 Å². The van der Waals surface area contributed by atoms with Crippen molar-refractivity contribution >= 4 is 11.9 Å². The van der Waals surface area contributed by atoms with Crippen LogP contribution in [0.25, 0.3) is 0 Å². The van der Waals surface area contributed by atoms with Crippen molar-refractivity contribution in [3.05, 3.63) is 65.7 Å². The van der Waals surface area contributed by atoms with Gasteiger partial charge in [-0.2, -0.15) is 0 Å². The third-order valence-corrected chi connectivity index (χ3v) is 5.76. The van der Waals surface area contributed by atoms with E-state index in [9.17, 15) is 9.59 Å². The van der Waals surface area contributed by atoms with Crippen molar-refractivity contribution in [3.63, 3.8) is 0 Å². The first-order valence-electron chi connectivity index (χ1n) is 9.67. The molecule has 3 amide bonds. The van der Waals surface area contributed by atoms with E-state index in [-0.39, 0.29) is 24.0 Å². The number of piperidine rings is 1. The highest BCUT2D eigenvalue weighted by Gasteiger charge is 2.46. The molecule has 2 aromatic carbocycles. The van der Waals surface area contributed by atoms with Gasteiger partial charge in [0, 0.05) is 30.7 Å². The van der Waals surface area contributed by atoms with Crippen molar-refractivity contribution in [2.24, 2.45) is 5.92 Å². The van der Waals surface area contributed by atoms with Crippen molar-refractivity contribution in [3.8, 4) is 5.75 Å². The molecule has 2 aromatic rings. The van der Waals surface area contributed by atoms with Gasteiger partial charge in [-0.3, -0.25) is 4.79 Å². The molecule has 4 rings (SSSR count). The molecule has 2 bridgehead atoms. The lowest BCUT2D eigenvalue weighted by Gasteiger charge is -2.32. The molecule has 1 saturated carbocycles. The highest BCUT2D eigenvalue weighted by Crippen LogP contribution is 2.38. The minimum atomic E-state index is -0.0337. The van der Waals surface area contributed by atoms with Gasteiger partial charge in [0.05, 0.1) is 7.11 Å². The van der Waals surface area contributed by atoms with E-state index in [1.807, 2.05) is 59.5 Å². The topological polar surface area (TPSA) is 70.7 Å². The molecule has 0 radical (unpaired) electrons. The molecule has 2 aliphatic rings. The Morgan fingerprint density at radius 3 is 2.46 bits per heavy atom. The standard InChI is InChI=1S/C22H25N3O3/c1-28-19-9-7-15(8-10-19)13-23-22(27)25-14-17-11-18(25)12-20(17)24-21(26)16-5-3-2-4-6-16/h2-10,17-18,20H,11-14H2,1H3,(H,23,27)(H,24,26). The highest BCUT2D eigenvalue weighted by molar-refractivity contribution is 5.94. The monoisotopic (exact) mass is 379 g/mol. The zero-order valence-corrected chi connectivity index (χ0v) is 15.9. The van der Waals surface area contributed by atoms with E-state index in [1.54, 1.807) is 7.11 Å². The Kier molecular flexibility index (Phi) is 5.19. The van der Waals surface area contributed by atoms with E-state index in [4.69, 9.17) is 4.74 Å². The number of hydrogen-bond acceptors (Lipinski definition) is 3. The molecule has 28 heavy (non-hydrogen) atoms. The SMILES string of the molecule is COc1ccc(CNC(=O)N2CC3CC2CC3NC(=O)c2ccccc2)cc1. The van der Waals surface area contributed by atoms with E-state index in [0.717, 1.165) is 24.2 Å². The Balaban J connectivity index is 1.27. The Labute approximate surface area is 164 Å². The number of ether oxygens (including phenoxy) is 1. The number of methoxy groups -OCH3 is 1. The number of carbonyl (C=O) groups is 2. The lowest BCUT2D eigenvalue weighted by molar-refractivity contribution is 0.0913. The molecule has 2 fully saturated rings. The number of rotatable bonds is 5. The number of nitrogens with one attached hydrogen (secondary N) is 2. The third kappa shape index (κ3) is 3.81. The van der Waals surface area contributed by atoms with Gasteiger partial charge in [-0.15, -0.1) is 0 Å². The molecule has 1 aliphatic carbocycles. The summed E-state index contributed by atoms with van der Waals surface area (Å²) in [6, 6.07) is 17.3. The summed E-state index contributed by atoms with van der Waals surface area (Å²) < 4.78 is 5.15. The van der Waals surface area contributed by atoms with Crippen LogP contribution in [0, 0.1) is 5.92 Å². The molecule has 146 valence electrons. The van der Waals surface area contributed by atoms with Crippen LogP contribution in [0.4, 0.5) is 4.79 Å². The predicted molar refractivity (Wildman–Crippen MR) is 106 cm³/mol. The summed E-state index contributed by atoms with van der Waals surface area (Å²) in [5.41, 5.74) is 1.71. The number of nitrogens with zero attached hydrogens (tertiary/aromatic N) is 1. The van der Waals surface area contributed by atoms with Crippen molar-refractivity contribution in [1.82, 2.24) is 15.5 Å². The van der Waals surface area contributed by atoms with E-state index < -0.39 is 0 Å². The van der Waals surface area contributed by atoms with E-state index >= 15 is 0 Å². The van der Waals surface area contributed by atoms with Crippen molar-refractivity contribution in [2.45, 2.75) is 31.5 Å². The van der Waals surface area contributed by atoms with Crippen LogP contribution >= 0.6 is 0 Å². The fourth-order valence-corrected chi connectivity index (χ4v) is 4.24. The van der Waals surface area contributed by atoms with Gasteiger partial charge >= 0.3 is 6.03 Å². The van der Waals surface area contributed by atoms with Crippen LogP contribution in [0.1, 0.15) is 28.8 Å². The summed E-state index contributed by atoms with van der Waals surface area (Å²) in [4.78, 5) is 26.9. The fourth-order valence-electron chi connectivity index (χ4n) is 4.24. The number of benzene rings is 2. The maximum absolute atomic E-state index is 12.6. The van der Waals surface area contributed by atoms with Gasteiger partial charge in [0.25, 0.3) is 5.91 Å². The number of fused-ring (bicyclic) bond motifs is 2. The average molecular weight is 379 g/mol. The largest absolute Gasteiger partial charge is 0.497 e. The molecule has 3 unspecified atom stereocenters. The van der Waals surface area contributed by atoms with Crippen LogP contribution < -0.4 is 15.4 Å². The number of carbonyl (C=O) groups excluding carboxylic acids is 2. The van der Waals surface area contributed by atoms with Gasteiger partial charge in [0.2, 0.25) is 0 Å². The normalized spacial score (nSPS) is 22.8. The predicted octanol–water partition coefficient (Wildman–Crippen LogP) is 2.80. The maximum atomic E-state index is 12.6. The molecule has 6 heteroatoms. The first-order chi connectivity index (χ1) is 13.6. The van der Waals surface area contributed by atoms with Gasteiger partial charge < -0.3 is 20.3 Å². The van der Waals surface area contributed by atoms with Gasteiger partial charge in [-0.25, -0.2) is 4.79 Å². The molecule has 1 saturated heterocycles. The Morgan fingerprint density at radius 1 is 1.07 bits per heavy atom. The lowest BCUT2D eigenvalue weighted by Crippen LogP contribution is -2.50. The lowest BCUT2D eigenvalue weighted by atomic mass is 10.0. The molecule has 1 heterocycles. The Morgan fingerprint density at radius 2 is 1.82 bits per heavy atom. The Bertz CT molecular complexity index is 838. The van der Waals surface area contributed by atoms with Crippen molar-refractivity contribution in [2.75, 3.05) is 13.7 Å². The van der Waals surface area contributed by atoms with Crippen LogP contribution in [-0.4, -0.2) is 42.6 Å². The second-order valence-electron chi connectivity index (χ2n) is 7.49. The molecular formula is C22H25N3O3. The highest BCUT2D eigenvalue weighted by atomic mass is 16.5. The molecular weight excluding hydrogens is 354 g/mol. The zero-order valence-electron chi connectivity index (χ0n) is 15.9. The Hall–Kier alpha value is -3.02. The number of amides is 3. The van der Waals surface area contributed by atoms with Crippen LogP contribution in [0.2, 0.25) is 0 Å². The van der Waals surface area contributed by atoms with Crippen LogP contribution in [0.5, 0.6) is 5.75 Å². The summed E-state index contributed by atoms with van der Waals surface area (Å²) in [5, 5.41) is 6.15. The molecule has 1 aliphatic heterocycles. The summed E-state index contributed by atoms with van der Waals surface area (Å²) in [6.07, 6.45) is 1.77. The maximum Gasteiger partial charge on any atom is 0.317 e. The van der Waals surface area contributed by atoms with Crippen LogP contribution in [0.15, 0.2) is 54.6 Å². The summed E-state index contributed by atoms with van der Waals surface area (Å²) >= 11 is 0. The first-order valence-corrected chi connectivity index (χ1v) is 9.67. The summed E-state index contributed by atoms with van der Waals surface area (Å²) in [5.74, 6) is 1.09.